The molecule has 3 rings (SSSR count). The van der Waals surface area contributed by atoms with Crippen LogP contribution in [0.5, 0.6) is 5.88 Å². The Morgan fingerprint density at radius 3 is 2.65 bits per heavy atom. The highest BCUT2D eigenvalue weighted by Gasteiger charge is 2.22. The highest BCUT2D eigenvalue weighted by Crippen LogP contribution is 2.37. The summed E-state index contributed by atoms with van der Waals surface area (Å²) in [6.45, 7) is 0.886. The van der Waals surface area contributed by atoms with Crippen molar-refractivity contribution >= 4 is 23.9 Å². The number of methoxy groups -OCH3 is 1. The average Bonchev–Trinajstić information content (AvgIpc) is 3.01. The van der Waals surface area contributed by atoms with Crippen molar-refractivity contribution < 1.29 is 4.74 Å². The average molecular weight is 328 g/mol. The van der Waals surface area contributed by atoms with E-state index in [-0.39, 0.29) is 35.2 Å². The van der Waals surface area contributed by atoms with Crippen LogP contribution in [-0.2, 0) is 6.42 Å². The number of pyridine rings is 1. The van der Waals surface area contributed by atoms with Crippen LogP contribution in [-0.4, -0.2) is 18.6 Å². The van der Waals surface area contributed by atoms with Crippen LogP contribution in [0.15, 0.2) is 18.2 Å². The molecule has 0 fully saturated rings. The molecule has 1 aromatic carbocycles. The summed E-state index contributed by atoms with van der Waals surface area (Å²) in [5.41, 5.74) is 9.69. The fraction of sp³-hybridized carbons (Fsp3) is 0.188. The summed E-state index contributed by atoms with van der Waals surface area (Å²) in [7, 11) is 1.42. The van der Waals surface area contributed by atoms with Gasteiger partial charge in [0.25, 0.3) is 0 Å². The summed E-state index contributed by atoms with van der Waals surface area (Å²) in [5, 5.41) is 22.1. The highest BCUT2D eigenvalue weighted by atomic mass is 35.5. The number of fused-ring (bicyclic) bond motifs is 1. The zero-order chi connectivity index (χ0) is 15.7. The molecule has 2 aromatic rings. The lowest BCUT2D eigenvalue weighted by atomic mass is 9.95. The van der Waals surface area contributed by atoms with Crippen molar-refractivity contribution in [1.82, 2.24) is 4.98 Å². The summed E-state index contributed by atoms with van der Waals surface area (Å²) in [5.74, 6) is 0.185. The van der Waals surface area contributed by atoms with Crippen LogP contribution in [0.2, 0.25) is 0 Å². The Morgan fingerprint density at radius 2 is 2.00 bits per heavy atom. The summed E-state index contributed by atoms with van der Waals surface area (Å²) in [6.07, 6.45) is 0.966. The van der Waals surface area contributed by atoms with E-state index in [9.17, 15) is 10.5 Å². The normalized spacial score (nSPS) is 11.4. The molecular weight excluding hydrogens is 314 g/mol. The fourth-order valence-corrected chi connectivity index (χ4v) is 2.68. The van der Waals surface area contributed by atoms with Crippen LogP contribution in [0.3, 0.4) is 0 Å². The smallest absolute Gasteiger partial charge is 0.234 e. The second-order valence-electron chi connectivity index (χ2n) is 4.90. The van der Waals surface area contributed by atoms with Crippen molar-refractivity contribution in [2.45, 2.75) is 6.42 Å². The molecule has 6 nitrogen and oxygen atoms in total. The van der Waals surface area contributed by atoms with Crippen molar-refractivity contribution in [2.24, 2.45) is 0 Å². The van der Waals surface area contributed by atoms with Gasteiger partial charge in [-0.2, -0.15) is 15.5 Å². The molecule has 0 aliphatic carbocycles. The minimum atomic E-state index is 0. The highest BCUT2D eigenvalue weighted by molar-refractivity contribution is 5.85. The number of nitrogens with two attached hydrogens (primary N) is 1. The second kappa shape index (κ2) is 6.43. The number of nitrogens with one attached hydrogen (secondary N) is 1. The van der Waals surface area contributed by atoms with E-state index >= 15 is 0 Å². The molecule has 0 saturated carbocycles. The Morgan fingerprint density at radius 1 is 1.26 bits per heavy atom. The first kappa shape index (κ1) is 16.4. The Balaban J connectivity index is 0.00000192. The Labute approximate surface area is 139 Å². The molecule has 116 valence electrons. The van der Waals surface area contributed by atoms with Gasteiger partial charge in [0.1, 0.15) is 29.1 Å². The van der Waals surface area contributed by atoms with Crippen LogP contribution in [0.1, 0.15) is 16.7 Å². The minimum Gasteiger partial charge on any atom is -0.480 e. The molecule has 1 aromatic heterocycles. The number of rotatable bonds is 2. The van der Waals surface area contributed by atoms with Gasteiger partial charge in [0, 0.05) is 17.8 Å². The third-order valence-corrected chi connectivity index (χ3v) is 3.72. The minimum absolute atomic E-state index is 0. The first-order chi connectivity index (χ1) is 10.7. The van der Waals surface area contributed by atoms with E-state index in [1.165, 1.54) is 12.7 Å². The molecule has 2 heterocycles. The SMILES string of the molecule is COc1nc(N)c(C#N)c(-c2ccc3c(c2)NCC3)c1C#N.Cl. The molecule has 0 radical (unpaired) electrons. The lowest BCUT2D eigenvalue weighted by molar-refractivity contribution is 0.397. The van der Waals surface area contributed by atoms with E-state index in [1.54, 1.807) is 0 Å². The van der Waals surface area contributed by atoms with E-state index in [2.05, 4.69) is 16.4 Å². The van der Waals surface area contributed by atoms with Crippen LogP contribution in [0.25, 0.3) is 11.1 Å². The molecule has 1 aliphatic heterocycles. The van der Waals surface area contributed by atoms with E-state index in [1.807, 2.05) is 24.3 Å². The number of hydrogen-bond acceptors (Lipinski definition) is 6. The standard InChI is InChI=1S/C16H13N5O.ClH/c1-22-16-12(8-18)14(11(7-17)15(19)21-16)10-3-2-9-4-5-20-13(9)6-10;/h2-3,6,20H,4-5H2,1H3,(H2,19,21);1H. The molecule has 1 aliphatic rings. The topological polar surface area (TPSA) is 108 Å². The Kier molecular flexibility index (Phi) is 4.59. The van der Waals surface area contributed by atoms with E-state index < -0.39 is 0 Å². The van der Waals surface area contributed by atoms with Crippen molar-refractivity contribution in [3.05, 3.63) is 34.9 Å². The maximum absolute atomic E-state index is 9.46. The molecule has 0 atom stereocenters. The Bertz CT molecular complexity index is 851. The van der Waals surface area contributed by atoms with Crippen molar-refractivity contribution in [3.63, 3.8) is 0 Å². The zero-order valence-electron chi connectivity index (χ0n) is 12.4. The van der Waals surface area contributed by atoms with Gasteiger partial charge in [-0.15, -0.1) is 12.4 Å². The van der Waals surface area contributed by atoms with Crippen LogP contribution < -0.4 is 15.8 Å². The van der Waals surface area contributed by atoms with Gasteiger partial charge in [-0.25, -0.2) is 0 Å². The maximum Gasteiger partial charge on any atom is 0.234 e. The first-order valence-electron chi connectivity index (χ1n) is 6.74. The van der Waals surface area contributed by atoms with E-state index in [4.69, 9.17) is 10.5 Å². The molecule has 0 spiro atoms. The lowest BCUT2D eigenvalue weighted by Crippen LogP contribution is -2.04. The van der Waals surface area contributed by atoms with Gasteiger partial charge in [-0.1, -0.05) is 12.1 Å². The molecule has 0 unspecified atom stereocenters. The monoisotopic (exact) mass is 327 g/mol. The molecule has 0 saturated heterocycles. The van der Waals surface area contributed by atoms with Gasteiger partial charge < -0.3 is 15.8 Å². The number of hydrogen-bond donors (Lipinski definition) is 2. The predicted octanol–water partition coefficient (Wildman–Crippen LogP) is 2.47. The molecule has 7 heteroatoms. The number of nitriles is 2. The second-order valence-corrected chi connectivity index (χ2v) is 4.90. The number of aromatic nitrogens is 1. The molecule has 0 amide bonds. The maximum atomic E-state index is 9.46. The van der Waals surface area contributed by atoms with Gasteiger partial charge in [0.15, 0.2) is 0 Å². The van der Waals surface area contributed by atoms with E-state index in [0.29, 0.717) is 5.56 Å². The van der Waals surface area contributed by atoms with Crippen molar-refractivity contribution in [1.29, 1.82) is 10.5 Å². The number of halogens is 1. The van der Waals surface area contributed by atoms with Crippen molar-refractivity contribution in [3.8, 4) is 29.1 Å². The van der Waals surface area contributed by atoms with Gasteiger partial charge in [-0.3, -0.25) is 0 Å². The van der Waals surface area contributed by atoms with Crippen LogP contribution >= 0.6 is 12.4 Å². The van der Waals surface area contributed by atoms with Gasteiger partial charge >= 0.3 is 0 Å². The van der Waals surface area contributed by atoms with Crippen molar-refractivity contribution in [2.75, 3.05) is 24.7 Å². The van der Waals surface area contributed by atoms with Gasteiger partial charge in [0.05, 0.1) is 7.11 Å². The molecule has 23 heavy (non-hydrogen) atoms. The zero-order valence-corrected chi connectivity index (χ0v) is 13.2. The number of ether oxygens (including phenoxy) is 1. The summed E-state index contributed by atoms with van der Waals surface area (Å²) in [4.78, 5) is 3.99. The third-order valence-electron chi connectivity index (χ3n) is 3.72. The molecule has 3 N–H and O–H groups in total. The number of benzene rings is 1. The fourth-order valence-electron chi connectivity index (χ4n) is 2.68. The van der Waals surface area contributed by atoms with Gasteiger partial charge in [-0.05, 0) is 23.6 Å². The predicted molar refractivity (Wildman–Crippen MR) is 89.5 cm³/mol. The van der Waals surface area contributed by atoms with Crippen LogP contribution in [0, 0.1) is 22.7 Å². The van der Waals surface area contributed by atoms with Crippen LogP contribution in [0.4, 0.5) is 11.5 Å². The number of nitrogen functional groups attached to an aromatic ring is 1. The first-order valence-corrected chi connectivity index (χ1v) is 6.74. The molecular formula is C16H14ClN5O. The lowest BCUT2D eigenvalue weighted by Gasteiger charge is -2.13. The quantitative estimate of drug-likeness (QED) is 0.877. The summed E-state index contributed by atoms with van der Waals surface area (Å²) < 4.78 is 5.13. The number of anilines is 2. The number of nitrogens with zero attached hydrogens (tertiary/aromatic N) is 3. The largest absolute Gasteiger partial charge is 0.480 e. The molecule has 0 bridgehead atoms. The summed E-state index contributed by atoms with van der Waals surface area (Å²) in [6, 6.07) is 9.93. The summed E-state index contributed by atoms with van der Waals surface area (Å²) >= 11 is 0. The third kappa shape index (κ3) is 2.61. The van der Waals surface area contributed by atoms with E-state index in [0.717, 1.165) is 24.2 Å². The Hall–Kier alpha value is -2.96. The van der Waals surface area contributed by atoms with Gasteiger partial charge in [0.2, 0.25) is 5.88 Å².